The van der Waals surface area contributed by atoms with E-state index in [2.05, 4.69) is 0 Å². The Labute approximate surface area is 64.4 Å². The monoisotopic (exact) mass is 154 g/mol. The highest BCUT2D eigenvalue weighted by Gasteiger charge is 2.07. The van der Waals surface area contributed by atoms with E-state index in [1.807, 2.05) is 0 Å². The molecule has 0 heterocycles. The second kappa shape index (κ2) is 4.58. The summed E-state index contributed by atoms with van der Waals surface area (Å²) in [7, 11) is -0.381. The zero-order chi connectivity index (χ0) is 8.15. The van der Waals surface area contributed by atoms with Gasteiger partial charge in [-0.15, -0.1) is 12.4 Å². The minimum Gasteiger partial charge on any atom is -0.347 e. The molecule has 0 radical (unpaired) electrons. The van der Waals surface area contributed by atoms with Crippen LogP contribution in [0.5, 0.6) is 0 Å². The van der Waals surface area contributed by atoms with Gasteiger partial charge in [0.2, 0.25) is 5.91 Å². The lowest BCUT2D eigenvalue weighted by molar-refractivity contribution is -0.129. The average Bonchev–Trinajstić information content (AvgIpc) is 1.90. The molecule has 2 N–H and O–H groups in total. The molecule has 4 heteroatoms. The van der Waals surface area contributed by atoms with Gasteiger partial charge in [-0.3, -0.25) is 4.79 Å². The first-order chi connectivity index (χ1) is 4.63. The minimum absolute atomic E-state index is 0. The molecule has 0 saturated carbocycles. The van der Waals surface area contributed by atoms with E-state index in [0.29, 0.717) is 0 Å². The van der Waals surface area contributed by atoms with Gasteiger partial charge in [0, 0.05) is 16.8 Å². The van der Waals surface area contributed by atoms with Gasteiger partial charge in [0.25, 0.3) is 0 Å². The van der Waals surface area contributed by atoms with Gasteiger partial charge in [-0.2, -0.15) is 0 Å². The Morgan fingerprint density at radius 2 is 2.22 bits per heavy atom. The third-order valence-corrected chi connectivity index (χ3v) is 0.701. The van der Waals surface area contributed by atoms with Crippen LogP contribution in [0.1, 0.15) is 9.67 Å². The molecule has 0 aromatic carbocycles. The molecule has 1 atom stereocenters. The van der Waals surface area contributed by atoms with Crippen LogP contribution in [0.3, 0.4) is 0 Å². The third-order valence-electron chi connectivity index (χ3n) is 0.701. The van der Waals surface area contributed by atoms with Crippen molar-refractivity contribution in [1.82, 2.24) is 4.90 Å². The Morgan fingerprint density at radius 1 is 1.78 bits per heavy atom. The van der Waals surface area contributed by atoms with Crippen molar-refractivity contribution in [3.05, 3.63) is 0 Å². The quantitative estimate of drug-likeness (QED) is 0.571. The molecule has 0 aliphatic carbocycles. The lowest BCUT2D eigenvalue weighted by Gasteiger charge is -2.11. The van der Waals surface area contributed by atoms with Crippen LogP contribution in [0.25, 0.3) is 0 Å². The summed E-state index contributed by atoms with van der Waals surface area (Å²) in [5, 5.41) is 0. The number of nitrogens with two attached hydrogens (primary N) is 1. The normalized spacial score (nSPS) is 14.4. The number of hydrogen-bond donors (Lipinski definition) is 1. The average molecular weight is 155 g/mol. The maximum Gasteiger partial charge on any atom is 0.238 e. The van der Waals surface area contributed by atoms with Gasteiger partial charge >= 0.3 is 0 Å². The number of hydrogen-bond acceptors (Lipinski definition) is 2. The Morgan fingerprint density at radius 3 is 2.33 bits per heavy atom. The fourth-order valence-electron chi connectivity index (χ4n) is 0.288. The molecule has 0 aromatic rings. The Bertz CT molecular complexity index is 119. The van der Waals surface area contributed by atoms with Crippen LogP contribution in [0.15, 0.2) is 0 Å². The summed E-state index contributed by atoms with van der Waals surface area (Å²) in [5.41, 5.74) is 5.23. The molecule has 0 saturated heterocycles. The fourth-order valence-corrected chi connectivity index (χ4v) is 0.288. The zero-order valence-corrected chi connectivity index (χ0v) is 6.15. The van der Waals surface area contributed by atoms with Gasteiger partial charge in [-0.25, -0.2) is 0 Å². The lowest BCUT2D eigenvalue weighted by Crippen LogP contribution is -2.37. The first-order valence-electron chi connectivity index (χ1n) is 3.67. The van der Waals surface area contributed by atoms with Crippen LogP contribution >= 0.6 is 12.4 Å². The summed E-state index contributed by atoms with van der Waals surface area (Å²) >= 11 is 0. The van der Waals surface area contributed by atoms with Crippen molar-refractivity contribution < 1.29 is 7.54 Å². The van der Waals surface area contributed by atoms with Crippen LogP contribution in [0.4, 0.5) is 0 Å². The molecule has 3 nitrogen and oxygen atoms in total. The molecule has 0 unspecified atom stereocenters. The molecule has 0 spiro atoms. The lowest BCUT2D eigenvalue weighted by atomic mass is 10.3. The summed E-state index contributed by atoms with van der Waals surface area (Å²) in [6.07, 6.45) is 0. The van der Waals surface area contributed by atoms with Crippen LogP contribution in [0, 0.1) is 0 Å². The summed E-state index contributed by atoms with van der Waals surface area (Å²) in [6, 6.07) is -0.601. The van der Waals surface area contributed by atoms with Crippen LogP contribution < -0.4 is 5.73 Å². The van der Waals surface area contributed by atoms with Crippen LogP contribution in [0.2, 0.25) is 0 Å². The van der Waals surface area contributed by atoms with E-state index < -0.39 is 6.04 Å². The summed E-state index contributed by atoms with van der Waals surface area (Å²) in [5.74, 6) is -0.343. The topological polar surface area (TPSA) is 46.3 Å². The minimum atomic E-state index is -0.601. The number of carbonyl (C=O) groups excluding carboxylic acids is 1. The van der Waals surface area contributed by atoms with Gasteiger partial charge in [0.15, 0.2) is 0 Å². The number of halogens is 1. The summed E-state index contributed by atoms with van der Waals surface area (Å²) < 4.78 is 13.6. The van der Waals surface area contributed by atoms with Gasteiger partial charge in [0.05, 0.1) is 6.04 Å². The van der Waals surface area contributed by atoms with Crippen LogP contribution in [-0.4, -0.2) is 30.9 Å². The van der Waals surface area contributed by atoms with Gasteiger partial charge in [0.1, 0.15) is 0 Å². The molecular weight excluding hydrogens is 140 g/mol. The molecule has 56 valence electrons. The van der Waals surface area contributed by atoms with Crippen molar-refractivity contribution in [3.63, 3.8) is 0 Å². The van der Waals surface area contributed by atoms with Gasteiger partial charge in [-0.1, -0.05) is 0 Å². The molecule has 0 aromatic heterocycles. The summed E-state index contributed by atoms with van der Waals surface area (Å²) in [4.78, 5) is 11.9. The predicted octanol–water partition coefficient (Wildman–Crippen LogP) is -0.156. The number of likely N-dealkylation sites (N-methyl/N-ethyl adjacent to an activating group) is 1. The smallest absolute Gasteiger partial charge is 0.238 e. The Kier molecular flexibility index (Phi) is 3.48. The molecule has 0 bridgehead atoms. The van der Waals surface area contributed by atoms with Crippen molar-refractivity contribution in [1.29, 1.82) is 0 Å². The predicted molar refractivity (Wildman–Crippen MR) is 39.6 cm³/mol. The SMILES string of the molecule is Cl.[2H]CN(C[2H])C(=O)[C@H](C)N. The molecule has 0 rings (SSSR count). The van der Waals surface area contributed by atoms with E-state index in [1.54, 1.807) is 6.92 Å². The first kappa shape index (κ1) is 6.83. The molecule has 1 amide bonds. The number of rotatable bonds is 1. The summed E-state index contributed by atoms with van der Waals surface area (Å²) in [6.45, 7) is 1.54. The van der Waals surface area contributed by atoms with E-state index in [1.165, 1.54) is 0 Å². The highest BCUT2D eigenvalue weighted by atomic mass is 35.5. The Hall–Kier alpha value is -0.280. The highest BCUT2D eigenvalue weighted by Crippen LogP contribution is 1.81. The van der Waals surface area contributed by atoms with Crippen molar-refractivity contribution in [2.75, 3.05) is 14.0 Å². The number of carbonyl (C=O) groups is 1. The second-order valence-electron chi connectivity index (χ2n) is 1.67. The van der Waals surface area contributed by atoms with Crippen molar-refractivity contribution in [2.45, 2.75) is 13.0 Å². The molecule has 0 aliphatic heterocycles. The first-order valence-corrected chi connectivity index (χ1v) is 2.26. The van der Waals surface area contributed by atoms with Crippen molar-refractivity contribution in [2.24, 2.45) is 5.73 Å². The van der Waals surface area contributed by atoms with Gasteiger partial charge < -0.3 is 10.6 Å². The highest BCUT2D eigenvalue weighted by molar-refractivity contribution is 5.85. The largest absolute Gasteiger partial charge is 0.347 e. The van der Waals surface area contributed by atoms with Crippen molar-refractivity contribution >= 4 is 18.3 Å². The zero-order valence-electron chi connectivity index (χ0n) is 7.33. The standard InChI is InChI=1S/C5H12N2O.ClH/c1-4(6)5(8)7(2)3;/h4H,6H2,1-3H3;1H/t4-;/m0./s1/i2D,3D;. The molecule has 0 fully saturated rings. The van der Waals surface area contributed by atoms with Crippen molar-refractivity contribution in [3.8, 4) is 0 Å². The van der Waals surface area contributed by atoms with E-state index in [-0.39, 0.29) is 32.4 Å². The molecular formula is C5H13ClN2O. The van der Waals surface area contributed by atoms with E-state index in [0.717, 1.165) is 4.90 Å². The van der Waals surface area contributed by atoms with Crippen LogP contribution in [-0.2, 0) is 4.79 Å². The van der Waals surface area contributed by atoms with E-state index in [4.69, 9.17) is 8.48 Å². The second-order valence-corrected chi connectivity index (χ2v) is 1.67. The Balaban J connectivity index is 0. The van der Waals surface area contributed by atoms with E-state index in [9.17, 15) is 4.79 Å². The maximum atomic E-state index is 10.9. The van der Waals surface area contributed by atoms with Gasteiger partial charge in [-0.05, 0) is 6.92 Å². The molecule has 9 heavy (non-hydrogen) atoms. The third kappa shape index (κ3) is 4.24. The maximum absolute atomic E-state index is 10.9. The van der Waals surface area contributed by atoms with E-state index >= 15 is 0 Å². The number of nitrogens with zero attached hydrogens (tertiary/aromatic N) is 1. The number of amides is 1. The molecule has 0 aliphatic rings. The fraction of sp³-hybridized carbons (Fsp3) is 0.800.